The molecule has 0 spiro atoms. The van der Waals surface area contributed by atoms with E-state index in [1.54, 1.807) is 24.4 Å². The summed E-state index contributed by atoms with van der Waals surface area (Å²) in [5.41, 5.74) is 3.11. The molecule has 38 heavy (non-hydrogen) atoms. The maximum absolute atomic E-state index is 12.8. The van der Waals surface area contributed by atoms with Gasteiger partial charge in [-0.05, 0) is 55.0 Å². The Bertz CT molecular complexity index is 1490. The van der Waals surface area contributed by atoms with E-state index in [0.29, 0.717) is 28.7 Å². The Kier molecular flexibility index (Phi) is 7.14. The number of non-ortho nitro benzene ring substituents is 1. The van der Waals surface area contributed by atoms with Gasteiger partial charge in [0.2, 0.25) is 5.91 Å². The van der Waals surface area contributed by atoms with Crippen LogP contribution < -0.4 is 10.6 Å². The number of hydrogen-bond acceptors (Lipinski definition) is 6. The summed E-state index contributed by atoms with van der Waals surface area (Å²) in [6.45, 7) is 2.29. The molecular formula is C28H25N5O4S. The molecule has 0 unspecified atom stereocenters. The Morgan fingerprint density at radius 2 is 1.95 bits per heavy atom. The first-order valence-electron chi connectivity index (χ1n) is 12.1. The number of nitrogens with zero attached hydrogens (tertiary/aromatic N) is 3. The maximum atomic E-state index is 12.8. The number of para-hydroxylation sites is 1. The third-order valence-corrected chi connectivity index (χ3v) is 6.81. The Morgan fingerprint density at radius 3 is 2.71 bits per heavy atom. The molecule has 0 bridgehead atoms. The van der Waals surface area contributed by atoms with E-state index in [1.807, 2.05) is 60.4 Å². The predicted molar refractivity (Wildman–Crippen MR) is 147 cm³/mol. The van der Waals surface area contributed by atoms with Crippen LogP contribution in [0.1, 0.15) is 35.5 Å². The number of nitrogens with one attached hydrogen (secondary N) is 2. The number of aryl methyl sites for hydroxylation is 1. The minimum absolute atomic E-state index is 0.0168. The number of furan rings is 1. The molecule has 0 aliphatic carbocycles. The van der Waals surface area contributed by atoms with Crippen LogP contribution in [0.2, 0.25) is 0 Å². The van der Waals surface area contributed by atoms with Crippen molar-refractivity contribution in [2.24, 2.45) is 0 Å². The highest BCUT2D eigenvalue weighted by Crippen LogP contribution is 2.40. The average Bonchev–Trinajstić information content (AvgIpc) is 3.54. The van der Waals surface area contributed by atoms with Crippen LogP contribution in [0.25, 0.3) is 11.3 Å². The number of anilines is 1. The summed E-state index contributed by atoms with van der Waals surface area (Å²) in [6.07, 6.45) is 1.92. The highest BCUT2D eigenvalue weighted by Gasteiger charge is 2.41. The molecule has 1 amide bonds. The lowest BCUT2D eigenvalue weighted by Gasteiger charge is -2.26. The summed E-state index contributed by atoms with van der Waals surface area (Å²) in [5, 5.41) is 18.0. The molecule has 5 rings (SSSR count). The Morgan fingerprint density at radius 1 is 1.13 bits per heavy atom. The molecule has 3 heterocycles. The molecule has 9 nitrogen and oxygen atoms in total. The van der Waals surface area contributed by atoms with Crippen LogP contribution in [0.4, 0.5) is 11.4 Å². The molecule has 1 aliphatic heterocycles. The van der Waals surface area contributed by atoms with Gasteiger partial charge in [-0.15, -0.1) is 0 Å². The average molecular weight is 528 g/mol. The van der Waals surface area contributed by atoms with Gasteiger partial charge in [-0.2, -0.15) is 0 Å². The number of hydrogen-bond donors (Lipinski definition) is 2. The molecule has 10 heteroatoms. The second kappa shape index (κ2) is 10.8. The summed E-state index contributed by atoms with van der Waals surface area (Å²) in [4.78, 5) is 30.1. The Labute approximate surface area is 224 Å². The van der Waals surface area contributed by atoms with Gasteiger partial charge in [0.1, 0.15) is 17.6 Å². The van der Waals surface area contributed by atoms with Gasteiger partial charge >= 0.3 is 0 Å². The quantitative estimate of drug-likeness (QED) is 0.174. The lowest BCUT2D eigenvalue weighted by molar-refractivity contribution is -0.384. The van der Waals surface area contributed by atoms with Crippen molar-refractivity contribution < 1.29 is 14.1 Å². The second-order valence-electron chi connectivity index (χ2n) is 8.94. The lowest BCUT2D eigenvalue weighted by Crippen LogP contribution is -2.32. The summed E-state index contributed by atoms with van der Waals surface area (Å²) < 4.78 is 6.24. The molecule has 2 aromatic heterocycles. The zero-order chi connectivity index (χ0) is 26.6. The highest BCUT2D eigenvalue weighted by atomic mass is 32.1. The topological polar surface area (TPSA) is 114 Å². The summed E-state index contributed by atoms with van der Waals surface area (Å²) >= 11 is 5.68. The van der Waals surface area contributed by atoms with Crippen molar-refractivity contribution >= 4 is 34.6 Å². The molecule has 2 aromatic carbocycles. The molecule has 0 saturated carbocycles. The van der Waals surface area contributed by atoms with Crippen molar-refractivity contribution in [1.82, 2.24) is 15.2 Å². The first-order valence-corrected chi connectivity index (χ1v) is 12.5. The Balaban J connectivity index is 1.41. The van der Waals surface area contributed by atoms with Crippen molar-refractivity contribution in [1.29, 1.82) is 0 Å². The van der Waals surface area contributed by atoms with E-state index in [2.05, 4.69) is 15.6 Å². The van der Waals surface area contributed by atoms with Crippen molar-refractivity contribution in [2.45, 2.75) is 25.4 Å². The van der Waals surface area contributed by atoms with Gasteiger partial charge < -0.3 is 20.0 Å². The molecule has 4 aromatic rings. The normalized spacial score (nSPS) is 16.8. The van der Waals surface area contributed by atoms with Crippen LogP contribution in [0.3, 0.4) is 0 Å². The zero-order valence-electron chi connectivity index (χ0n) is 20.5. The van der Waals surface area contributed by atoms with Crippen LogP contribution in [0.15, 0.2) is 89.5 Å². The van der Waals surface area contributed by atoms with Gasteiger partial charge in [-0.1, -0.05) is 36.4 Å². The van der Waals surface area contributed by atoms with Crippen LogP contribution in [0, 0.1) is 17.0 Å². The predicted octanol–water partition coefficient (Wildman–Crippen LogP) is 5.56. The summed E-state index contributed by atoms with van der Waals surface area (Å²) in [6, 6.07) is 22.5. The molecule has 192 valence electrons. The number of rotatable bonds is 8. The maximum Gasteiger partial charge on any atom is 0.270 e. The number of nitro benzene ring substituents is 1. The molecular weight excluding hydrogens is 502 g/mol. The van der Waals surface area contributed by atoms with Crippen molar-refractivity contribution in [3.05, 3.63) is 112 Å². The van der Waals surface area contributed by atoms with Gasteiger partial charge in [0.05, 0.1) is 16.7 Å². The van der Waals surface area contributed by atoms with Crippen molar-refractivity contribution in [3.63, 3.8) is 0 Å². The second-order valence-corrected chi connectivity index (χ2v) is 9.33. The SMILES string of the molecule is Cc1ccccc1NC(=O)CCN1C(=S)N[C@@H](c2ccccn2)[C@@H]1c1ccc(-c2cccc([N+](=O)[O-])c2)o1. The van der Waals surface area contributed by atoms with E-state index in [-0.39, 0.29) is 30.1 Å². The number of thiocarbonyl (C=S) groups is 1. The minimum atomic E-state index is -0.437. The van der Waals surface area contributed by atoms with E-state index < -0.39 is 4.92 Å². The number of nitro groups is 1. The van der Waals surface area contributed by atoms with Crippen molar-refractivity contribution in [3.8, 4) is 11.3 Å². The number of carbonyl (C=O) groups is 1. The first-order chi connectivity index (χ1) is 18.4. The molecule has 2 atom stereocenters. The van der Waals surface area contributed by atoms with Crippen LogP contribution >= 0.6 is 12.2 Å². The van der Waals surface area contributed by atoms with Gasteiger partial charge in [0.25, 0.3) is 5.69 Å². The summed E-state index contributed by atoms with van der Waals surface area (Å²) in [7, 11) is 0. The fraction of sp³-hybridized carbons (Fsp3) is 0.179. The fourth-order valence-electron chi connectivity index (χ4n) is 4.54. The first kappa shape index (κ1) is 25.1. The van der Waals surface area contributed by atoms with Gasteiger partial charge in [-0.25, -0.2) is 0 Å². The van der Waals surface area contributed by atoms with E-state index >= 15 is 0 Å². The minimum Gasteiger partial charge on any atom is -0.459 e. The third kappa shape index (κ3) is 5.25. The smallest absolute Gasteiger partial charge is 0.270 e. The molecule has 2 N–H and O–H groups in total. The van der Waals surface area contributed by atoms with E-state index in [9.17, 15) is 14.9 Å². The van der Waals surface area contributed by atoms with E-state index in [0.717, 1.165) is 16.9 Å². The number of pyridine rings is 1. The molecule has 1 saturated heterocycles. The van der Waals surface area contributed by atoms with Crippen LogP contribution in [-0.4, -0.2) is 32.4 Å². The largest absolute Gasteiger partial charge is 0.459 e. The lowest BCUT2D eigenvalue weighted by atomic mass is 10.0. The Hall–Kier alpha value is -4.57. The van der Waals surface area contributed by atoms with Gasteiger partial charge in [-0.3, -0.25) is 19.9 Å². The fourth-order valence-corrected chi connectivity index (χ4v) is 4.87. The molecule has 1 fully saturated rings. The monoisotopic (exact) mass is 527 g/mol. The number of benzene rings is 2. The van der Waals surface area contributed by atoms with E-state index in [4.69, 9.17) is 16.6 Å². The molecule has 1 aliphatic rings. The highest BCUT2D eigenvalue weighted by molar-refractivity contribution is 7.80. The molecule has 0 radical (unpaired) electrons. The number of amides is 1. The number of carbonyl (C=O) groups excluding carboxylic acids is 1. The number of aromatic nitrogens is 1. The third-order valence-electron chi connectivity index (χ3n) is 6.46. The van der Waals surface area contributed by atoms with Gasteiger partial charge in [0.15, 0.2) is 5.11 Å². The standard InChI is InChI=1S/C28H25N5O4S/c1-18-7-2-3-10-21(18)30-25(34)14-16-32-27(26(31-28(32)38)22-11-4-5-15-29-22)24-13-12-23(37-24)19-8-6-9-20(17-19)33(35)36/h2-13,15,17,26-27H,14,16H2,1H3,(H,30,34)(H,31,38)/t26-,27-/m0/s1. The summed E-state index contributed by atoms with van der Waals surface area (Å²) in [5.74, 6) is 0.978. The van der Waals surface area contributed by atoms with Crippen LogP contribution in [0.5, 0.6) is 0 Å². The van der Waals surface area contributed by atoms with Crippen LogP contribution in [-0.2, 0) is 4.79 Å². The van der Waals surface area contributed by atoms with E-state index in [1.165, 1.54) is 12.1 Å². The van der Waals surface area contributed by atoms with Gasteiger partial charge in [0, 0.05) is 42.5 Å². The van der Waals surface area contributed by atoms with Crippen molar-refractivity contribution in [2.75, 3.05) is 11.9 Å². The zero-order valence-corrected chi connectivity index (χ0v) is 21.4.